The van der Waals surface area contributed by atoms with Crippen LogP contribution in [0.4, 0.5) is 5.82 Å². The van der Waals surface area contributed by atoms with Crippen molar-refractivity contribution in [2.45, 2.75) is 32.2 Å². The van der Waals surface area contributed by atoms with E-state index in [0.717, 1.165) is 30.7 Å². The number of nitrogens with two attached hydrogens (primary N) is 1. The summed E-state index contributed by atoms with van der Waals surface area (Å²) in [6.45, 7) is 1.88. The fourth-order valence-corrected chi connectivity index (χ4v) is 3.04. The molecule has 0 amide bonds. The van der Waals surface area contributed by atoms with Gasteiger partial charge < -0.3 is 10.5 Å². The molecule has 1 atom stereocenters. The van der Waals surface area contributed by atoms with Crippen molar-refractivity contribution in [3.05, 3.63) is 40.0 Å². The number of halogens is 1. The Kier molecular flexibility index (Phi) is 3.34. The second-order valence-electron chi connectivity index (χ2n) is 5.20. The lowest BCUT2D eigenvalue weighted by Gasteiger charge is -2.27. The van der Waals surface area contributed by atoms with Crippen molar-refractivity contribution in [2.75, 3.05) is 12.8 Å². The number of rotatable bonds is 2. The number of fused-ring (bicyclic) bond motifs is 1. The number of aryl methyl sites for hydroxylation is 2. The summed E-state index contributed by atoms with van der Waals surface area (Å²) in [5.41, 5.74) is 9.45. The van der Waals surface area contributed by atoms with Crippen LogP contribution in [0.2, 0.25) is 5.02 Å². The molecule has 0 bridgehead atoms. The highest BCUT2D eigenvalue weighted by molar-refractivity contribution is 6.33. The molecule has 2 aromatic rings. The van der Waals surface area contributed by atoms with Crippen molar-refractivity contribution in [1.82, 2.24) is 9.78 Å². The van der Waals surface area contributed by atoms with Crippen LogP contribution in [0.25, 0.3) is 0 Å². The van der Waals surface area contributed by atoms with Crippen LogP contribution in [-0.2, 0) is 6.42 Å². The number of nitrogens with zero attached hydrogens (tertiary/aromatic N) is 2. The first-order valence-electron chi connectivity index (χ1n) is 6.78. The highest BCUT2D eigenvalue weighted by Crippen LogP contribution is 2.37. The van der Waals surface area contributed by atoms with Crippen LogP contribution in [0, 0.1) is 6.92 Å². The maximum Gasteiger partial charge on any atom is 0.141 e. The summed E-state index contributed by atoms with van der Waals surface area (Å²) in [5, 5.41) is 5.06. The summed E-state index contributed by atoms with van der Waals surface area (Å²) in [7, 11) is 1.68. The zero-order valence-electron chi connectivity index (χ0n) is 11.7. The molecule has 20 heavy (non-hydrogen) atoms. The Bertz CT molecular complexity index is 651. The molecule has 1 aliphatic carbocycles. The van der Waals surface area contributed by atoms with Gasteiger partial charge in [0, 0.05) is 0 Å². The minimum atomic E-state index is 0.139. The van der Waals surface area contributed by atoms with E-state index in [2.05, 4.69) is 17.2 Å². The second-order valence-corrected chi connectivity index (χ2v) is 5.58. The topological polar surface area (TPSA) is 53.1 Å². The molecule has 1 aromatic heterocycles. The van der Waals surface area contributed by atoms with E-state index in [1.165, 1.54) is 11.1 Å². The predicted octanol–water partition coefficient (Wildman–Crippen LogP) is 3.36. The Hall–Kier alpha value is -1.68. The summed E-state index contributed by atoms with van der Waals surface area (Å²) in [6, 6.07) is 6.37. The highest BCUT2D eigenvalue weighted by atomic mass is 35.5. The van der Waals surface area contributed by atoms with Crippen LogP contribution < -0.4 is 10.5 Å². The fraction of sp³-hybridized carbons (Fsp3) is 0.400. The molecule has 4 nitrogen and oxygen atoms in total. The number of aromatic nitrogens is 2. The number of hydrogen-bond acceptors (Lipinski definition) is 3. The Morgan fingerprint density at radius 1 is 1.45 bits per heavy atom. The molecule has 0 aliphatic heterocycles. The van der Waals surface area contributed by atoms with E-state index >= 15 is 0 Å². The maximum absolute atomic E-state index is 6.17. The molecule has 0 radical (unpaired) electrons. The fourth-order valence-electron chi connectivity index (χ4n) is 2.92. The Morgan fingerprint density at radius 2 is 2.25 bits per heavy atom. The van der Waals surface area contributed by atoms with Crippen LogP contribution in [0.1, 0.15) is 35.7 Å². The van der Waals surface area contributed by atoms with E-state index in [1.54, 1.807) is 7.11 Å². The molecule has 0 spiro atoms. The van der Waals surface area contributed by atoms with Crippen LogP contribution in [0.15, 0.2) is 18.2 Å². The van der Waals surface area contributed by atoms with Gasteiger partial charge in [0.1, 0.15) is 16.6 Å². The van der Waals surface area contributed by atoms with Crippen LogP contribution in [-0.4, -0.2) is 16.9 Å². The molecule has 1 aromatic carbocycles. The first-order valence-corrected chi connectivity index (χ1v) is 7.16. The molecule has 3 rings (SSSR count). The van der Waals surface area contributed by atoms with E-state index in [1.807, 2.05) is 17.7 Å². The van der Waals surface area contributed by atoms with Crippen molar-refractivity contribution >= 4 is 17.4 Å². The standard InChI is InChI=1S/C15H18ClN3O/c1-9-14(16)15(17)19(18-9)13-5-3-4-10-6-7-11(20-2)8-12(10)13/h6-8,13H,3-5,17H2,1-2H3. The van der Waals surface area contributed by atoms with Crippen molar-refractivity contribution in [3.63, 3.8) is 0 Å². The van der Waals surface area contributed by atoms with Crippen LogP contribution in [0.3, 0.4) is 0 Å². The lowest BCUT2D eigenvalue weighted by atomic mass is 9.87. The molecule has 2 N–H and O–H groups in total. The molecule has 106 valence electrons. The van der Waals surface area contributed by atoms with Gasteiger partial charge in [0.15, 0.2) is 0 Å². The van der Waals surface area contributed by atoms with Gasteiger partial charge in [-0.05, 0) is 49.4 Å². The SMILES string of the molecule is COc1ccc2c(c1)C(n1nc(C)c(Cl)c1N)CCC2. The zero-order chi connectivity index (χ0) is 14.3. The lowest BCUT2D eigenvalue weighted by Crippen LogP contribution is -2.20. The van der Waals surface area contributed by atoms with E-state index in [0.29, 0.717) is 10.8 Å². The van der Waals surface area contributed by atoms with Gasteiger partial charge in [-0.25, -0.2) is 4.68 Å². The second kappa shape index (κ2) is 5.02. The Morgan fingerprint density at radius 3 is 2.90 bits per heavy atom. The third kappa shape index (κ3) is 2.04. The van der Waals surface area contributed by atoms with Crippen molar-refractivity contribution in [1.29, 1.82) is 0 Å². The highest BCUT2D eigenvalue weighted by Gasteiger charge is 2.26. The number of ether oxygens (including phenoxy) is 1. The van der Waals surface area contributed by atoms with E-state index in [-0.39, 0.29) is 6.04 Å². The summed E-state index contributed by atoms with van der Waals surface area (Å²) in [6.07, 6.45) is 3.23. The Labute approximate surface area is 123 Å². The van der Waals surface area contributed by atoms with Crippen molar-refractivity contribution in [3.8, 4) is 5.75 Å². The quantitative estimate of drug-likeness (QED) is 0.923. The first kappa shape index (κ1) is 13.3. The number of anilines is 1. The van der Waals surface area contributed by atoms with Gasteiger partial charge in [-0.1, -0.05) is 17.7 Å². The average Bonchev–Trinajstić information content (AvgIpc) is 2.73. The largest absolute Gasteiger partial charge is 0.497 e. The summed E-state index contributed by atoms with van der Waals surface area (Å²) >= 11 is 6.17. The van der Waals surface area contributed by atoms with Gasteiger partial charge >= 0.3 is 0 Å². The van der Waals surface area contributed by atoms with Gasteiger partial charge in [-0.2, -0.15) is 5.10 Å². The van der Waals surface area contributed by atoms with Crippen LogP contribution >= 0.6 is 11.6 Å². The van der Waals surface area contributed by atoms with Gasteiger partial charge in [-0.3, -0.25) is 0 Å². The lowest BCUT2D eigenvalue weighted by molar-refractivity contribution is 0.408. The number of methoxy groups -OCH3 is 1. The normalized spacial score (nSPS) is 17.9. The maximum atomic E-state index is 6.17. The molecular formula is C15H18ClN3O. The summed E-state index contributed by atoms with van der Waals surface area (Å²) in [5.74, 6) is 1.41. The smallest absolute Gasteiger partial charge is 0.141 e. The van der Waals surface area contributed by atoms with Crippen molar-refractivity contribution in [2.24, 2.45) is 0 Å². The van der Waals surface area contributed by atoms with Crippen molar-refractivity contribution < 1.29 is 4.74 Å². The third-order valence-electron chi connectivity index (χ3n) is 3.98. The molecule has 0 saturated heterocycles. The molecule has 0 saturated carbocycles. The summed E-state index contributed by atoms with van der Waals surface area (Å²) < 4.78 is 7.19. The predicted molar refractivity (Wildman–Crippen MR) is 80.5 cm³/mol. The van der Waals surface area contributed by atoms with E-state index in [9.17, 15) is 0 Å². The molecule has 1 unspecified atom stereocenters. The molecule has 1 heterocycles. The monoisotopic (exact) mass is 291 g/mol. The zero-order valence-corrected chi connectivity index (χ0v) is 12.4. The number of benzene rings is 1. The molecule has 1 aliphatic rings. The van der Waals surface area contributed by atoms with Gasteiger partial charge in [-0.15, -0.1) is 0 Å². The summed E-state index contributed by atoms with van der Waals surface area (Å²) in [4.78, 5) is 0. The third-order valence-corrected chi connectivity index (χ3v) is 4.45. The van der Waals surface area contributed by atoms with Crippen LogP contribution in [0.5, 0.6) is 5.75 Å². The molecular weight excluding hydrogens is 274 g/mol. The Balaban J connectivity index is 2.11. The molecule has 5 heteroatoms. The minimum absolute atomic E-state index is 0.139. The van der Waals surface area contributed by atoms with Gasteiger partial charge in [0.25, 0.3) is 0 Å². The first-order chi connectivity index (χ1) is 9.61. The number of nitrogen functional groups attached to an aromatic ring is 1. The minimum Gasteiger partial charge on any atom is -0.497 e. The molecule has 0 fully saturated rings. The van der Waals surface area contributed by atoms with E-state index in [4.69, 9.17) is 22.1 Å². The average molecular weight is 292 g/mol. The van der Waals surface area contributed by atoms with Gasteiger partial charge in [0.05, 0.1) is 18.8 Å². The number of hydrogen-bond donors (Lipinski definition) is 1. The van der Waals surface area contributed by atoms with Gasteiger partial charge in [0.2, 0.25) is 0 Å². The van der Waals surface area contributed by atoms with E-state index < -0.39 is 0 Å².